The van der Waals surface area contributed by atoms with E-state index in [0.29, 0.717) is 56.5 Å². The van der Waals surface area contributed by atoms with Gasteiger partial charge in [0.05, 0.1) is 35.0 Å². The van der Waals surface area contributed by atoms with Crippen molar-refractivity contribution in [2.75, 3.05) is 44.5 Å². The number of carbonyl (C=O) groups excluding carboxylic acids is 1. The molecule has 2 amide bonds. The molecule has 0 radical (unpaired) electrons. The maximum atomic E-state index is 12.6. The molecule has 0 spiro atoms. The number of fused-ring (bicyclic) bond motifs is 1. The van der Waals surface area contributed by atoms with Gasteiger partial charge in [-0.05, 0) is 57.1 Å². The van der Waals surface area contributed by atoms with Crippen LogP contribution in [0.1, 0.15) is 12.8 Å². The van der Waals surface area contributed by atoms with Crippen LogP contribution >= 0.6 is 23.2 Å². The molecule has 174 valence electrons. The van der Waals surface area contributed by atoms with Crippen molar-refractivity contribution >= 4 is 51.6 Å². The number of aromatic nitrogens is 2. The number of rotatable bonds is 6. The highest BCUT2D eigenvalue weighted by atomic mass is 35.5. The number of urea groups is 1. The number of halogens is 2. The number of hydrogen-bond acceptors (Lipinski definition) is 6. The Kier molecular flexibility index (Phi) is 7.37. The molecule has 1 fully saturated rings. The molecule has 2 aromatic carbocycles. The van der Waals surface area contributed by atoms with Crippen LogP contribution in [0.2, 0.25) is 10.0 Å². The number of hydrogen-bond donors (Lipinski definition) is 2. The molecule has 0 atom stereocenters. The first kappa shape index (κ1) is 23.4. The number of ether oxygens (including phenoxy) is 2. The Morgan fingerprint density at radius 2 is 1.85 bits per heavy atom. The molecule has 1 aromatic heterocycles. The number of amides is 2. The molecule has 0 bridgehead atoms. The van der Waals surface area contributed by atoms with Gasteiger partial charge in [0.25, 0.3) is 0 Å². The van der Waals surface area contributed by atoms with E-state index in [0.717, 1.165) is 25.9 Å². The van der Waals surface area contributed by atoms with E-state index >= 15 is 0 Å². The Morgan fingerprint density at radius 3 is 2.55 bits per heavy atom. The Morgan fingerprint density at radius 1 is 1.12 bits per heavy atom. The highest BCUT2D eigenvalue weighted by Crippen LogP contribution is 2.35. The lowest BCUT2D eigenvalue weighted by molar-refractivity contribution is 0.157. The van der Waals surface area contributed by atoms with Crippen LogP contribution in [0.3, 0.4) is 0 Å². The van der Waals surface area contributed by atoms with E-state index in [-0.39, 0.29) is 0 Å². The number of nitrogens with zero attached hydrogens (tertiary/aromatic N) is 3. The van der Waals surface area contributed by atoms with Gasteiger partial charge in [-0.15, -0.1) is 0 Å². The van der Waals surface area contributed by atoms with Crippen molar-refractivity contribution in [3.8, 4) is 11.5 Å². The van der Waals surface area contributed by atoms with Crippen LogP contribution in [0.5, 0.6) is 11.5 Å². The predicted octanol–water partition coefficient (Wildman–Crippen LogP) is 5.31. The van der Waals surface area contributed by atoms with Gasteiger partial charge in [0.1, 0.15) is 12.1 Å². The minimum Gasteiger partial charge on any atom is -0.493 e. The normalized spacial score (nSPS) is 14.8. The molecular formula is C23H25Cl2N5O3. The van der Waals surface area contributed by atoms with E-state index in [1.807, 2.05) is 0 Å². The van der Waals surface area contributed by atoms with Crippen molar-refractivity contribution in [3.05, 3.63) is 46.7 Å². The lowest BCUT2D eigenvalue weighted by Gasteiger charge is -2.28. The summed E-state index contributed by atoms with van der Waals surface area (Å²) in [6, 6.07) is 8.01. The van der Waals surface area contributed by atoms with Crippen molar-refractivity contribution in [3.63, 3.8) is 0 Å². The Labute approximate surface area is 202 Å². The van der Waals surface area contributed by atoms with Crippen LogP contribution in [0.4, 0.5) is 16.3 Å². The quantitative estimate of drug-likeness (QED) is 0.487. The average Bonchev–Trinajstić information content (AvgIpc) is 2.81. The minimum absolute atomic E-state index is 0.318. The number of para-hydroxylation sites is 1. The predicted molar refractivity (Wildman–Crippen MR) is 131 cm³/mol. The molecule has 1 saturated heterocycles. The van der Waals surface area contributed by atoms with Gasteiger partial charge in [0.15, 0.2) is 11.5 Å². The highest BCUT2D eigenvalue weighted by molar-refractivity contribution is 6.39. The number of anilines is 2. The van der Waals surface area contributed by atoms with Gasteiger partial charge in [-0.3, -0.25) is 5.32 Å². The summed E-state index contributed by atoms with van der Waals surface area (Å²) >= 11 is 12.3. The third kappa shape index (κ3) is 5.58. The van der Waals surface area contributed by atoms with Crippen LogP contribution < -0.4 is 20.1 Å². The second-order valence-electron chi connectivity index (χ2n) is 7.98. The van der Waals surface area contributed by atoms with Crippen LogP contribution in [0.15, 0.2) is 36.7 Å². The number of benzene rings is 2. The van der Waals surface area contributed by atoms with Gasteiger partial charge in [0.2, 0.25) is 0 Å². The first-order chi connectivity index (χ1) is 15.9. The molecule has 1 aliphatic heterocycles. The van der Waals surface area contributed by atoms with Crippen molar-refractivity contribution in [2.45, 2.75) is 12.8 Å². The lowest BCUT2D eigenvalue weighted by atomic mass is 9.98. The maximum Gasteiger partial charge on any atom is 0.324 e. The van der Waals surface area contributed by atoms with Crippen LogP contribution in [0.25, 0.3) is 10.9 Å². The topological polar surface area (TPSA) is 88.6 Å². The number of methoxy groups -OCH3 is 1. The van der Waals surface area contributed by atoms with Gasteiger partial charge in [-0.2, -0.15) is 0 Å². The molecule has 8 nitrogen and oxygen atoms in total. The smallest absolute Gasteiger partial charge is 0.324 e. The van der Waals surface area contributed by atoms with E-state index < -0.39 is 6.03 Å². The fraction of sp³-hybridized carbons (Fsp3) is 0.348. The van der Waals surface area contributed by atoms with Crippen molar-refractivity contribution in [1.82, 2.24) is 14.9 Å². The van der Waals surface area contributed by atoms with Crippen molar-refractivity contribution < 1.29 is 14.3 Å². The summed E-state index contributed by atoms with van der Waals surface area (Å²) in [5, 5.41) is 6.66. The molecule has 1 aliphatic rings. The maximum absolute atomic E-state index is 12.6. The second-order valence-corrected chi connectivity index (χ2v) is 8.79. The zero-order valence-electron chi connectivity index (χ0n) is 18.4. The Bertz CT molecular complexity index is 1130. The summed E-state index contributed by atoms with van der Waals surface area (Å²) in [6.07, 6.45) is 3.59. The standard InChI is InChI=1S/C23H25Cl2N5O3/c1-30-8-6-14(7-9-30)12-33-20-11-18-15(10-19(20)32-2)22(27-13-26-18)29-23(31)28-21-16(24)4-3-5-17(21)25/h3-5,10-11,13-14H,6-9,12H2,1-2H3,(H2,26,27,28,29,31). The third-order valence-electron chi connectivity index (χ3n) is 5.67. The first-order valence-corrected chi connectivity index (χ1v) is 11.4. The number of nitrogens with one attached hydrogen (secondary N) is 2. The lowest BCUT2D eigenvalue weighted by Crippen LogP contribution is -2.32. The molecule has 0 aliphatic carbocycles. The molecule has 2 heterocycles. The molecule has 3 aromatic rings. The SMILES string of the molecule is COc1cc2c(NC(=O)Nc3c(Cl)cccc3Cl)ncnc2cc1OCC1CCN(C)CC1. The Hall–Kier alpha value is -2.81. The molecule has 33 heavy (non-hydrogen) atoms. The summed E-state index contributed by atoms with van der Waals surface area (Å²) in [5.41, 5.74) is 0.939. The van der Waals surface area contributed by atoms with Crippen molar-refractivity contribution in [1.29, 1.82) is 0 Å². The summed E-state index contributed by atoms with van der Waals surface area (Å²) in [6.45, 7) is 2.77. The summed E-state index contributed by atoms with van der Waals surface area (Å²) in [5.74, 6) is 1.98. The highest BCUT2D eigenvalue weighted by Gasteiger charge is 2.19. The minimum atomic E-state index is -0.536. The van der Waals surface area contributed by atoms with Gasteiger partial charge in [0, 0.05) is 11.5 Å². The van der Waals surface area contributed by atoms with Gasteiger partial charge in [-0.25, -0.2) is 14.8 Å². The van der Waals surface area contributed by atoms with Crippen molar-refractivity contribution in [2.24, 2.45) is 5.92 Å². The van der Waals surface area contributed by atoms with Crippen LogP contribution in [-0.2, 0) is 0 Å². The van der Waals surface area contributed by atoms with E-state index in [2.05, 4.69) is 32.5 Å². The second kappa shape index (κ2) is 10.4. The van der Waals surface area contributed by atoms with Gasteiger partial charge in [-0.1, -0.05) is 29.3 Å². The molecule has 0 saturated carbocycles. The summed E-state index contributed by atoms with van der Waals surface area (Å²) in [4.78, 5) is 23.5. The van der Waals surface area contributed by atoms with E-state index in [1.54, 1.807) is 37.4 Å². The number of piperidine rings is 1. The summed E-state index contributed by atoms with van der Waals surface area (Å²) < 4.78 is 11.6. The monoisotopic (exact) mass is 489 g/mol. The molecule has 0 unspecified atom stereocenters. The Balaban J connectivity index is 1.52. The summed E-state index contributed by atoms with van der Waals surface area (Å²) in [7, 11) is 3.71. The van der Waals surface area contributed by atoms with E-state index in [4.69, 9.17) is 32.7 Å². The third-order valence-corrected chi connectivity index (χ3v) is 6.30. The molecule has 10 heteroatoms. The van der Waals surface area contributed by atoms with Gasteiger partial charge >= 0.3 is 6.03 Å². The average molecular weight is 490 g/mol. The zero-order chi connectivity index (χ0) is 23.4. The fourth-order valence-corrected chi connectivity index (χ4v) is 4.23. The largest absolute Gasteiger partial charge is 0.493 e. The zero-order valence-corrected chi connectivity index (χ0v) is 19.9. The van der Waals surface area contributed by atoms with Crippen LogP contribution in [0, 0.1) is 5.92 Å². The number of likely N-dealkylation sites (tertiary alicyclic amines) is 1. The van der Waals surface area contributed by atoms with E-state index in [1.165, 1.54) is 6.33 Å². The molecule has 4 rings (SSSR count). The fourth-order valence-electron chi connectivity index (χ4n) is 3.74. The van der Waals surface area contributed by atoms with E-state index in [9.17, 15) is 4.79 Å². The molecule has 2 N–H and O–H groups in total. The molecular weight excluding hydrogens is 465 g/mol. The van der Waals surface area contributed by atoms with Crippen LogP contribution in [-0.4, -0.2) is 54.8 Å². The van der Waals surface area contributed by atoms with Gasteiger partial charge < -0.3 is 19.7 Å². The first-order valence-electron chi connectivity index (χ1n) is 10.6. The number of carbonyl (C=O) groups is 1.